The SMILES string of the molecule is Cc1c(C)c(O)c2c(c1O)Nc1ccccc1S2. The van der Waals surface area contributed by atoms with Gasteiger partial charge in [-0.25, -0.2) is 0 Å². The predicted molar refractivity (Wildman–Crippen MR) is 73.1 cm³/mol. The zero-order chi connectivity index (χ0) is 12.9. The number of rotatable bonds is 0. The Kier molecular flexibility index (Phi) is 2.41. The molecule has 0 fully saturated rings. The van der Waals surface area contributed by atoms with Gasteiger partial charge in [0.25, 0.3) is 0 Å². The Morgan fingerprint density at radius 2 is 1.67 bits per heavy atom. The van der Waals surface area contributed by atoms with Gasteiger partial charge in [-0.3, -0.25) is 0 Å². The maximum atomic E-state index is 10.2. The van der Waals surface area contributed by atoms with Gasteiger partial charge in [0.2, 0.25) is 0 Å². The van der Waals surface area contributed by atoms with Gasteiger partial charge in [0.15, 0.2) is 0 Å². The van der Waals surface area contributed by atoms with E-state index in [0.29, 0.717) is 16.1 Å². The fourth-order valence-corrected chi connectivity index (χ4v) is 3.15. The van der Waals surface area contributed by atoms with Crippen molar-refractivity contribution in [2.75, 3.05) is 5.32 Å². The summed E-state index contributed by atoms with van der Waals surface area (Å²) in [6.07, 6.45) is 0. The van der Waals surface area contributed by atoms with Crippen molar-refractivity contribution in [1.29, 1.82) is 0 Å². The van der Waals surface area contributed by atoms with Crippen LogP contribution in [0.2, 0.25) is 0 Å². The number of anilines is 2. The quantitative estimate of drug-likeness (QED) is 0.423. The second kappa shape index (κ2) is 3.85. The molecule has 0 aromatic heterocycles. The van der Waals surface area contributed by atoms with E-state index in [0.717, 1.165) is 16.1 Å². The first-order valence-corrected chi connectivity index (χ1v) is 6.50. The topological polar surface area (TPSA) is 52.5 Å². The van der Waals surface area contributed by atoms with E-state index in [1.807, 2.05) is 31.2 Å². The summed E-state index contributed by atoms with van der Waals surface area (Å²) < 4.78 is 0. The summed E-state index contributed by atoms with van der Waals surface area (Å²) >= 11 is 1.47. The van der Waals surface area contributed by atoms with Gasteiger partial charge in [-0.15, -0.1) is 0 Å². The van der Waals surface area contributed by atoms with E-state index in [-0.39, 0.29) is 11.5 Å². The highest BCUT2D eigenvalue weighted by atomic mass is 32.2. The molecule has 0 spiro atoms. The van der Waals surface area contributed by atoms with Crippen LogP contribution >= 0.6 is 11.8 Å². The molecule has 1 aliphatic heterocycles. The largest absolute Gasteiger partial charge is 0.506 e. The average molecular weight is 259 g/mol. The highest BCUT2D eigenvalue weighted by Gasteiger charge is 2.24. The molecule has 3 rings (SSSR count). The Balaban J connectivity index is 2.25. The van der Waals surface area contributed by atoms with E-state index < -0.39 is 0 Å². The average Bonchev–Trinajstić information content (AvgIpc) is 2.41. The first kappa shape index (κ1) is 11.3. The molecule has 0 saturated carbocycles. The lowest BCUT2D eigenvalue weighted by Crippen LogP contribution is -2.02. The molecule has 0 atom stereocenters. The van der Waals surface area contributed by atoms with Crippen molar-refractivity contribution in [3.63, 3.8) is 0 Å². The molecule has 92 valence electrons. The molecule has 1 heterocycles. The molecule has 1 aliphatic rings. The van der Waals surface area contributed by atoms with Crippen LogP contribution in [-0.4, -0.2) is 10.2 Å². The van der Waals surface area contributed by atoms with Crippen molar-refractivity contribution >= 4 is 23.1 Å². The van der Waals surface area contributed by atoms with Gasteiger partial charge in [0, 0.05) is 4.90 Å². The van der Waals surface area contributed by atoms with Crippen molar-refractivity contribution in [1.82, 2.24) is 0 Å². The molecule has 0 saturated heterocycles. The number of benzene rings is 2. The van der Waals surface area contributed by atoms with Crippen LogP contribution in [0.25, 0.3) is 0 Å². The van der Waals surface area contributed by atoms with Crippen LogP contribution in [0.5, 0.6) is 11.5 Å². The van der Waals surface area contributed by atoms with Gasteiger partial charge in [-0.1, -0.05) is 23.9 Å². The molecule has 4 heteroatoms. The predicted octanol–water partition coefficient (Wildman–Crippen LogP) is 3.92. The first-order valence-electron chi connectivity index (χ1n) is 5.68. The maximum Gasteiger partial charge on any atom is 0.143 e. The lowest BCUT2D eigenvalue weighted by atomic mass is 10.1. The van der Waals surface area contributed by atoms with E-state index in [2.05, 4.69) is 5.32 Å². The van der Waals surface area contributed by atoms with E-state index in [1.54, 1.807) is 6.92 Å². The zero-order valence-corrected chi connectivity index (χ0v) is 10.9. The fraction of sp³-hybridized carbons (Fsp3) is 0.143. The fourth-order valence-electron chi connectivity index (χ4n) is 2.06. The Bertz CT molecular complexity index is 597. The summed E-state index contributed by atoms with van der Waals surface area (Å²) in [6.45, 7) is 3.61. The molecule has 2 aromatic carbocycles. The van der Waals surface area contributed by atoms with E-state index in [4.69, 9.17) is 0 Å². The monoisotopic (exact) mass is 259 g/mol. The molecule has 0 bridgehead atoms. The Labute approximate surface area is 109 Å². The summed E-state index contributed by atoms with van der Waals surface area (Å²) in [5.41, 5.74) is 2.98. The summed E-state index contributed by atoms with van der Waals surface area (Å²) in [7, 11) is 0. The van der Waals surface area contributed by atoms with Gasteiger partial charge >= 0.3 is 0 Å². The highest BCUT2D eigenvalue weighted by Crippen LogP contribution is 2.53. The third-order valence-corrected chi connectivity index (χ3v) is 4.49. The molecular formula is C14H13NO2S. The smallest absolute Gasteiger partial charge is 0.143 e. The highest BCUT2D eigenvalue weighted by molar-refractivity contribution is 7.99. The standard InChI is InChI=1S/C14H13NO2S/c1-7-8(2)13(17)14-11(12(7)16)15-9-5-3-4-6-10(9)18-14/h3-6,15-17H,1-2H3. The van der Waals surface area contributed by atoms with Crippen LogP contribution in [0.3, 0.4) is 0 Å². The molecule has 0 amide bonds. The Hall–Kier alpha value is -1.81. The number of hydrogen-bond donors (Lipinski definition) is 3. The van der Waals surface area contributed by atoms with Crippen LogP contribution in [0.15, 0.2) is 34.1 Å². The maximum absolute atomic E-state index is 10.2. The molecule has 3 N–H and O–H groups in total. The van der Waals surface area contributed by atoms with Gasteiger partial charge in [0.1, 0.15) is 11.5 Å². The second-order valence-electron chi connectivity index (χ2n) is 4.37. The summed E-state index contributed by atoms with van der Waals surface area (Å²) in [6, 6.07) is 7.84. The summed E-state index contributed by atoms with van der Waals surface area (Å²) in [4.78, 5) is 1.73. The lowest BCUT2D eigenvalue weighted by Gasteiger charge is -2.24. The van der Waals surface area contributed by atoms with Crippen LogP contribution in [-0.2, 0) is 0 Å². The Morgan fingerprint density at radius 1 is 1.00 bits per heavy atom. The first-order chi connectivity index (χ1) is 8.59. The molecule has 2 aromatic rings. The number of nitrogens with one attached hydrogen (secondary N) is 1. The van der Waals surface area contributed by atoms with Gasteiger partial charge in [-0.05, 0) is 37.1 Å². The molecule has 3 nitrogen and oxygen atoms in total. The molecule has 0 unspecified atom stereocenters. The van der Waals surface area contributed by atoms with Crippen LogP contribution in [0, 0.1) is 13.8 Å². The van der Waals surface area contributed by atoms with Crippen molar-refractivity contribution in [2.24, 2.45) is 0 Å². The number of phenols is 2. The van der Waals surface area contributed by atoms with Crippen molar-refractivity contribution in [3.05, 3.63) is 35.4 Å². The number of para-hydroxylation sites is 1. The van der Waals surface area contributed by atoms with Gasteiger partial charge < -0.3 is 15.5 Å². The van der Waals surface area contributed by atoms with Crippen molar-refractivity contribution in [3.8, 4) is 11.5 Å². The number of fused-ring (bicyclic) bond motifs is 2. The van der Waals surface area contributed by atoms with E-state index in [9.17, 15) is 10.2 Å². The minimum Gasteiger partial charge on any atom is -0.506 e. The van der Waals surface area contributed by atoms with Crippen LogP contribution in [0.4, 0.5) is 11.4 Å². The molecule has 18 heavy (non-hydrogen) atoms. The van der Waals surface area contributed by atoms with Crippen molar-refractivity contribution in [2.45, 2.75) is 23.6 Å². The third-order valence-electron chi connectivity index (χ3n) is 3.31. The number of aromatic hydroxyl groups is 2. The lowest BCUT2D eigenvalue weighted by molar-refractivity contribution is 0.444. The summed E-state index contributed by atoms with van der Waals surface area (Å²) in [5.74, 6) is 0.453. The van der Waals surface area contributed by atoms with Gasteiger partial charge in [0.05, 0.1) is 16.3 Å². The van der Waals surface area contributed by atoms with Crippen LogP contribution in [0.1, 0.15) is 11.1 Å². The van der Waals surface area contributed by atoms with Crippen LogP contribution < -0.4 is 5.32 Å². The second-order valence-corrected chi connectivity index (χ2v) is 5.43. The minimum atomic E-state index is 0.210. The molecule has 0 radical (unpaired) electrons. The zero-order valence-electron chi connectivity index (χ0n) is 10.1. The number of phenolic OH excluding ortho intramolecular Hbond substituents is 2. The Morgan fingerprint density at radius 3 is 2.44 bits per heavy atom. The molecule has 0 aliphatic carbocycles. The number of hydrogen-bond acceptors (Lipinski definition) is 4. The van der Waals surface area contributed by atoms with E-state index in [1.165, 1.54) is 11.8 Å². The van der Waals surface area contributed by atoms with E-state index >= 15 is 0 Å². The van der Waals surface area contributed by atoms with Gasteiger partial charge in [-0.2, -0.15) is 0 Å². The molecular weight excluding hydrogens is 246 g/mol. The third kappa shape index (κ3) is 1.46. The van der Waals surface area contributed by atoms with Crippen molar-refractivity contribution < 1.29 is 10.2 Å². The minimum absolute atomic E-state index is 0.210. The normalized spacial score (nSPS) is 12.6. The summed E-state index contributed by atoms with van der Waals surface area (Å²) in [5, 5.41) is 23.6.